The predicted octanol–water partition coefficient (Wildman–Crippen LogP) is 3.38. The second-order valence-corrected chi connectivity index (χ2v) is 8.98. The molecule has 1 aromatic rings. The van der Waals surface area contributed by atoms with Gasteiger partial charge in [0.25, 0.3) is 0 Å². The van der Waals surface area contributed by atoms with Gasteiger partial charge in [0.05, 0.1) is 5.69 Å². The number of hydrogen-bond acceptors (Lipinski definition) is 5. The summed E-state index contributed by atoms with van der Waals surface area (Å²) in [6.45, 7) is 15.7. The molecular formula is C22H39N5O3. The first kappa shape index (κ1) is 24.0. The fourth-order valence-electron chi connectivity index (χ4n) is 3.79. The molecule has 0 radical (unpaired) electrons. The largest absolute Gasteiger partial charge is 0.444 e. The van der Waals surface area contributed by atoms with Gasteiger partial charge in [0.15, 0.2) is 5.96 Å². The number of nitrogens with one attached hydrogen (secondary N) is 1. The van der Waals surface area contributed by atoms with Crippen molar-refractivity contribution in [3.63, 3.8) is 0 Å². The van der Waals surface area contributed by atoms with E-state index in [4.69, 9.17) is 9.26 Å². The van der Waals surface area contributed by atoms with E-state index in [1.807, 2.05) is 53.5 Å². The van der Waals surface area contributed by atoms with E-state index in [9.17, 15) is 4.79 Å². The molecule has 1 aliphatic heterocycles. The van der Waals surface area contributed by atoms with Gasteiger partial charge in [-0.05, 0) is 66.7 Å². The zero-order valence-corrected chi connectivity index (χ0v) is 19.7. The molecular weight excluding hydrogens is 382 g/mol. The maximum absolute atomic E-state index is 12.4. The van der Waals surface area contributed by atoms with Crippen LogP contribution in [0.2, 0.25) is 0 Å². The Morgan fingerprint density at radius 3 is 2.50 bits per heavy atom. The normalized spacial score (nSPS) is 16.0. The summed E-state index contributed by atoms with van der Waals surface area (Å²) in [6.07, 6.45) is 2.70. The van der Waals surface area contributed by atoms with E-state index in [-0.39, 0.29) is 6.09 Å². The molecule has 0 bridgehead atoms. The van der Waals surface area contributed by atoms with Gasteiger partial charge in [-0.3, -0.25) is 4.99 Å². The molecule has 0 atom stereocenters. The number of guanidine groups is 1. The summed E-state index contributed by atoms with van der Waals surface area (Å²) in [5.41, 5.74) is 1.66. The molecule has 170 valence electrons. The molecule has 1 aromatic heterocycles. The molecule has 1 amide bonds. The van der Waals surface area contributed by atoms with E-state index in [1.165, 1.54) is 5.56 Å². The van der Waals surface area contributed by atoms with Gasteiger partial charge in [-0.25, -0.2) is 4.79 Å². The van der Waals surface area contributed by atoms with Crippen LogP contribution in [0.4, 0.5) is 4.79 Å². The molecule has 1 aliphatic rings. The highest BCUT2D eigenvalue weighted by molar-refractivity contribution is 5.80. The fourth-order valence-corrected chi connectivity index (χ4v) is 3.79. The summed E-state index contributed by atoms with van der Waals surface area (Å²) in [5.74, 6) is 2.30. The number of hydrogen-bond donors (Lipinski definition) is 1. The van der Waals surface area contributed by atoms with Crippen LogP contribution in [0, 0.1) is 19.8 Å². The molecule has 1 N–H and O–H groups in total. The van der Waals surface area contributed by atoms with E-state index in [2.05, 4.69) is 20.4 Å². The second kappa shape index (κ2) is 10.7. The van der Waals surface area contributed by atoms with Crippen LogP contribution in [0.25, 0.3) is 0 Å². The van der Waals surface area contributed by atoms with Gasteiger partial charge in [-0.1, -0.05) is 5.16 Å². The average molecular weight is 422 g/mol. The van der Waals surface area contributed by atoms with Crippen LogP contribution in [-0.2, 0) is 11.2 Å². The highest BCUT2D eigenvalue weighted by Crippen LogP contribution is 2.20. The average Bonchev–Trinajstić information content (AvgIpc) is 3.00. The SMILES string of the molecule is CCN(CC1CCN(C(=NC)NCCc2c(C)noc2C)CC1)C(=O)OC(C)(C)C. The molecule has 0 aromatic carbocycles. The topological polar surface area (TPSA) is 83.2 Å². The predicted molar refractivity (Wildman–Crippen MR) is 119 cm³/mol. The lowest BCUT2D eigenvalue weighted by Crippen LogP contribution is -2.48. The maximum Gasteiger partial charge on any atom is 0.410 e. The third kappa shape index (κ3) is 6.92. The van der Waals surface area contributed by atoms with Crippen molar-refractivity contribution in [2.45, 2.75) is 66.4 Å². The van der Waals surface area contributed by atoms with Crippen LogP contribution in [0.5, 0.6) is 0 Å². The fraction of sp³-hybridized carbons (Fsp3) is 0.773. The van der Waals surface area contributed by atoms with Gasteiger partial charge < -0.3 is 24.4 Å². The lowest BCUT2D eigenvalue weighted by Gasteiger charge is -2.36. The van der Waals surface area contributed by atoms with Crippen LogP contribution in [0.1, 0.15) is 57.6 Å². The number of carbonyl (C=O) groups excluding carboxylic acids is 1. The lowest BCUT2D eigenvalue weighted by molar-refractivity contribution is 0.0214. The first-order valence-electron chi connectivity index (χ1n) is 11.0. The maximum atomic E-state index is 12.4. The van der Waals surface area contributed by atoms with Crippen LogP contribution < -0.4 is 5.32 Å². The molecule has 2 heterocycles. The number of piperidine rings is 1. The van der Waals surface area contributed by atoms with Crippen LogP contribution in [-0.4, -0.2) is 72.4 Å². The number of rotatable bonds is 6. The molecule has 8 heteroatoms. The third-order valence-electron chi connectivity index (χ3n) is 5.48. The zero-order valence-electron chi connectivity index (χ0n) is 19.7. The number of ether oxygens (including phenoxy) is 1. The van der Waals surface area contributed by atoms with Crippen molar-refractivity contribution in [2.24, 2.45) is 10.9 Å². The van der Waals surface area contributed by atoms with Crippen LogP contribution in [0.15, 0.2) is 9.52 Å². The molecule has 0 saturated carbocycles. The Bertz CT molecular complexity index is 695. The molecule has 0 spiro atoms. The van der Waals surface area contributed by atoms with E-state index in [0.29, 0.717) is 12.5 Å². The van der Waals surface area contributed by atoms with Gasteiger partial charge in [0.1, 0.15) is 11.4 Å². The minimum absolute atomic E-state index is 0.218. The Balaban J connectivity index is 1.79. The number of likely N-dealkylation sites (tertiary alicyclic amines) is 1. The Hall–Kier alpha value is -2.25. The van der Waals surface area contributed by atoms with Gasteiger partial charge in [0, 0.05) is 45.3 Å². The van der Waals surface area contributed by atoms with Crippen molar-refractivity contribution in [3.05, 3.63) is 17.0 Å². The summed E-state index contributed by atoms with van der Waals surface area (Å²) in [6, 6.07) is 0. The number of aliphatic imine (C=N–C) groups is 1. The molecule has 8 nitrogen and oxygen atoms in total. The van der Waals surface area contributed by atoms with Crippen LogP contribution >= 0.6 is 0 Å². The Labute approximate surface area is 181 Å². The summed E-state index contributed by atoms with van der Waals surface area (Å²) in [5, 5.41) is 7.48. The highest BCUT2D eigenvalue weighted by Gasteiger charge is 2.27. The Morgan fingerprint density at radius 1 is 1.33 bits per heavy atom. The van der Waals surface area contributed by atoms with Crippen LogP contribution in [0.3, 0.4) is 0 Å². The number of aromatic nitrogens is 1. The number of aryl methyl sites for hydroxylation is 2. The van der Waals surface area contributed by atoms with E-state index >= 15 is 0 Å². The van der Waals surface area contributed by atoms with Gasteiger partial charge in [0.2, 0.25) is 0 Å². The first-order chi connectivity index (χ1) is 14.1. The van der Waals surface area contributed by atoms with Crippen molar-refractivity contribution in [1.82, 2.24) is 20.3 Å². The second-order valence-electron chi connectivity index (χ2n) is 8.98. The molecule has 1 fully saturated rings. The first-order valence-corrected chi connectivity index (χ1v) is 11.0. The monoisotopic (exact) mass is 421 g/mol. The summed E-state index contributed by atoms with van der Waals surface area (Å²) in [7, 11) is 1.83. The highest BCUT2D eigenvalue weighted by atomic mass is 16.6. The summed E-state index contributed by atoms with van der Waals surface area (Å²) >= 11 is 0. The minimum Gasteiger partial charge on any atom is -0.444 e. The Morgan fingerprint density at radius 2 is 2.00 bits per heavy atom. The summed E-state index contributed by atoms with van der Waals surface area (Å²) < 4.78 is 10.8. The van der Waals surface area contributed by atoms with Crippen molar-refractivity contribution < 1.29 is 14.1 Å². The molecule has 0 aliphatic carbocycles. The van der Waals surface area contributed by atoms with Gasteiger partial charge in [-0.2, -0.15) is 0 Å². The third-order valence-corrected chi connectivity index (χ3v) is 5.48. The zero-order chi connectivity index (χ0) is 22.3. The van der Waals surface area contributed by atoms with E-state index < -0.39 is 5.60 Å². The lowest BCUT2D eigenvalue weighted by atomic mass is 9.96. The molecule has 0 unspecified atom stereocenters. The number of amides is 1. The van der Waals surface area contributed by atoms with E-state index in [0.717, 1.165) is 62.9 Å². The van der Waals surface area contributed by atoms with Crippen molar-refractivity contribution in [3.8, 4) is 0 Å². The molecule has 2 rings (SSSR count). The van der Waals surface area contributed by atoms with Crippen molar-refractivity contribution in [2.75, 3.05) is 39.8 Å². The molecule has 1 saturated heterocycles. The number of nitrogens with zero attached hydrogens (tertiary/aromatic N) is 4. The standard InChI is InChI=1S/C22H39N5O3/c1-8-26(21(28)29-22(4,5)6)15-18-10-13-27(14-11-18)20(23-7)24-12-9-19-16(2)25-30-17(19)3/h18H,8-15H2,1-7H3,(H,23,24). The quantitative estimate of drug-likeness (QED) is 0.560. The minimum atomic E-state index is -0.463. The van der Waals surface area contributed by atoms with E-state index in [1.54, 1.807) is 0 Å². The Kier molecular flexibility index (Phi) is 8.55. The number of carbonyl (C=O) groups is 1. The van der Waals surface area contributed by atoms with Crippen molar-refractivity contribution >= 4 is 12.1 Å². The smallest absolute Gasteiger partial charge is 0.410 e. The summed E-state index contributed by atoms with van der Waals surface area (Å²) in [4.78, 5) is 21.0. The van der Waals surface area contributed by atoms with Gasteiger partial charge in [-0.15, -0.1) is 0 Å². The molecule has 30 heavy (non-hydrogen) atoms. The van der Waals surface area contributed by atoms with Crippen molar-refractivity contribution in [1.29, 1.82) is 0 Å². The van der Waals surface area contributed by atoms with Gasteiger partial charge >= 0.3 is 6.09 Å².